The van der Waals surface area contributed by atoms with Crippen molar-refractivity contribution in [3.8, 4) is 0 Å². The molecule has 1 aromatic heterocycles. The maximum absolute atomic E-state index is 12.4. The summed E-state index contributed by atoms with van der Waals surface area (Å²) in [4.78, 5) is 30.0. The molecule has 0 aliphatic carbocycles. The Morgan fingerprint density at radius 1 is 1.45 bits per heavy atom. The van der Waals surface area contributed by atoms with Crippen LogP contribution in [0.2, 0.25) is 0 Å². The normalized spacial score (nSPS) is 18.7. The minimum absolute atomic E-state index is 0.0634. The summed E-state index contributed by atoms with van der Waals surface area (Å²) in [6.45, 7) is 5.17. The minimum Gasteiger partial charge on any atom is -0.466 e. The molecule has 1 aliphatic heterocycles. The Morgan fingerprint density at radius 3 is 2.90 bits per heavy atom. The van der Waals surface area contributed by atoms with Gasteiger partial charge < -0.3 is 9.64 Å². The van der Waals surface area contributed by atoms with Crippen molar-refractivity contribution in [2.45, 2.75) is 26.7 Å². The van der Waals surface area contributed by atoms with Gasteiger partial charge in [-0.05, 0) is 38.8 Å². The van der Waals surface area contributed by atoms with Crippen LogP contribution >= 0.6 is 0 Å². The highest BCUT2D eigenvalue weighted by molar-refractivity contribution is 5.94. The number of carbonyl (C=O) groups is 2. The van der Waals surface area contributed by atoms with Gasteiger partial charge in [0.25, 0.3) is 5.91 Å². The van der Waals surface area contributed by atoms with E-state index >= 15 is 0 Å². The number of aromatic nitrogens is 1. The van der Waals surface area contributed by atoms with Crippen LogP contribution in [0.15, 0.2) is 18.3 Å². The molecule has 1 fully saturated rings. The number of piperidine rings is 1. The summed E-state index contributed by atoms with van der Waals surface area (Å²) in [5.74, 6) is -0.468. The van der Waals surface area contributed by atoms with E-state index in [4.69, 9.17) is 4.74 Å². The van der Waals surface area contributed by atoms with Crippen LogP contribution in [0.5, 0.6) is 0 Å². The van der Waals surface area contributed by atoms with Gasteiger partial charge in [-0.25, -0.2) is 0 Å². The minimum atomic E-state index is -0.203. The van der Waals surface area contributed by atoms with Gasteiger partial charge in [0, 0.05) is 25.0 Å². The molecule has 0 bridgehead atoms. The highest BCUT2D eigenvalue weighted by atomic mass is 16.5. The lowest BCUT2D eigenvalue weighted by atomic mass is 9.97. The molecule has 0 aromatic carbocycles. The number of rotatable bonds is 3. The van der Waals surface area contributed by atoms with E-state index in [1.165, 1.54) is 0 Å². The number of aryl methyl sites for hydroxylation is 1. The maximum Gasteiger partial charge on any atom is 0.310 e. The van der Waals surface area contributed by atoms with E-state index < -0.39 is 0 Å². The molecule has 0 saturated carbocycles. The first-order chi connectivity index (χ1) is 9.61. The molecule has 2 rings (SSSR count). The SMILES string of the molecule is CCOC(=O)C1CCCN(C(=O)c2ccc(C)nc2)C1. The lowest BCUT2D eigenvalue weighted by molar-refractivity contribution is -0.149. The Bertz CT molecular complexity index is 484. The molecule has 1 unspecified atom stereocenters. The van der Waals surface area contributed by atoms with Crippen LogP contribution in [0, 0.1) is 12.8 Å². The molecule has 1 amide bonds. The van der Waals surface area contributed by atoms with Gasteiger partial charge in [0.15, 0.2) is 0 Å². The standard InChI is InChI=1S/C15H20N2O3/c1-3-20-15(19)13-5-4-8-17(10-13)14(18)12-7-6-11(2)16-9-12/h6-7,9,13H,3-5,8,10H2,1-2H3. The Balaban J connectivity index is 2.03. The number of likely N-dealkylation sites (tertiary alicyclic amines) is 1. The number of esters is 1. The van der Waals surface area contributed by atoms with Crippen molar-refractivity contribution in [1.82, 2.24) is 9.88 Å². The quantitative estimate of drug-likeness (QED) is 0.790. The third kappa shape index (κ3) is 3.35. The van der Waals surface area contributed by atoms with Gasteiger partial charge in [-0.1, -0.05) is 0 Å². The summed E-state index contributed by atoms with van der Waals surface area (Å²) < 4.78 is 5.04. The third-order valence-corrected chi connectivity index (χ3v) is 3.49. The Hall–Kier alpha value is -1.91. The van der Waals surface area contributed by atoms with Crippen LogP contribution < -0.4 is 0 Å². The molecule has 20 heavy (non-hydrogen) atoms. The zero-order valence-corrected chi connectivity index (χ0v) is 12.0. The van der Waals surface area contributed by atoms with Crippen molar-refractivity contribution in [3.05, 3.63) is 29.6 Å². The number of pyridine rings is 1. The Kier molecular flexibility index (Phi) is 4.71. The van der Waals surface area contributed by atoms with Gasteiger partial charge >= 0.3 is 5.97 Å². The molecule has 1 aliphatic rings. The summed E-state index contributed by atoms with van der Waals surface area (Å²) in [5.41, 5.74) is 1.45. The summed E-state index contributed by atoms with van der Waals surface area (Å²) in [6, 6.07) is 3.60. The molecule has 0 radical (unpaired) electrons. The number of nitrogens with zero attached hydrogens (tertiary/aromatic N) is 2. The highest BCUT2D eigenvalue weighted by Gasteiger charge is 2.29. The number of ether oxygens (including phenoxy) is 1. The van der Waals surface area contributed by atoms with Gasteiger partial charge in [-0.3, -0.25) is 14.6 Å². The molecular weight excluding hydrogens is 256 g/mol. The van der Waals surface area contributed by atoms with Gasteiger partial charge in [0.2, 0.25) is 0 Å². The maximum atomic E-state index is 12.4. The summed E-state index contributed by atoms with van der Waals surface area (Å²) in [6.07, 6.45) is 3.20. The first kappa shape index (κ1) is 14.5. The summed E-state index contributed by atoms with van der Waals surface area (Å²) in [7, 11) is 0. The van der Waals surface area contributed by atoms with Gasteiger partial charge in [-0.2, -0.15) is 0 Å². The van der Waals surface area contributed by atoms with Crippen molar-refractivity contribution in [2.75, 3.05) is 19.7 Å². The fourth-order valence-corrected chi connectivity index (χ4v) is 2.39. The zero-order chi connectivity index (χ0) is 14.5. The molecule has 0 N–H and O–H groups in total. The summed E-state index contributed by atoms with van der Waals surface area (Å²) in [5, 5.41) is 0. The van der Waals surface area contributed by atoms with E-state index in [1.54, 1.807) is 24.1 Å². The smallest absolute Gasteiger partial charge is 0.310 e. The number of carbonyl (C=O) groups excluding carboxylic acids is 2. The Labute approximate surface area is 118 Å². The molecule has 5 heteroatoms. The van der Waals surface area contributed by atoms with Crippen molar-refractivity contribution < 1.29 is 14.3 Å². The average Bonchev–Trinajstić information content (AvgIpc) is 2.48. The zero-order valence-electron chi connectivity index (χ0n) is 12.0. The van der Waals surface area contributed by atoms with E-state index in [1.807, 2.05) is 13.0 Å². The van der Waals surface area contributed by atoms with Crippen molar-refractivity contribution >= 4 is 11.9 Å². The van der Waals surface area contributed by atoms with Crippen LogP contribution in [-0.4, -0.2) is 41.5 Å². The van der Waals surface area contributed by atoms with E-state index in [-0.39, 0.29) is 17.8 Å². The summed E-state index contributed by atoms with van der Waals surface area (Å²) >= 11 is 0. The van der Waals surface area contributed by atoms with Gasteiger partial charge in [0.1, 0.15) is 0 Å². The van der Waals surface area contributed by atoms with E-state index in [0.29, 0.717) is 25.3 Å². The predicted molar refractivity (Wildman–Crippen MR) is 74.2 cm³/mol. The largest absolute Gasteiger partial charge is 0.466 e. The van der Waals surface area contributed by atoms with E-state index in [2.05, 4.69) is 4.98 Å². The average molecular weight is 276 g/mol. The second kappa shape index (κ2) is 6.50. The molecule has 1 aromatic rings. The fourth-order valence-electron chi connectivity index (χ4n) is 2.39. The third-order valence-electron chi connectivity index (χ3n) is 3.49. The van der Waals surface area contributed by atoms with Crippen LogP contribution in [0.3, 0.4) is 0 Å². The van der Waals surface area contributed by atoms with E-state index in [0.717, 1.165) is 18.5 Å². The van der Waals surface area contributed by atoms with Crippen LogP contribution in [0.1, 0.15) is 35.8 Å². The van der Waals surface area contributed by atoms with Crippen LogP contribution in [0.25, 0.3) is 0 Å². The lowest BCUT2D eigenvalue weighted by Gasteiger charge is -2.31. The number of hydrogen-bond acceptors (Lipinski definition) is 4. The van der Waals surface area contributed by atoms with E-state index in [9.17, 15) is 9.59 Å². The van der Waals surface area contributed by atoms with Gasteiger partial charge in [-0.15, -0.1) is 0 Å². The monoisotopic (exact) mass is 276 g/mol. The van der Waals surface area contributed by atoms with Crippen LogP contribution in [-0.2, 0) is 9.53 Å². The molecule has 5 nitrogen and oxygen atoms in total. The molecule has 0 spiro atoms. The molecule has 2 heterocycles. The van der Waals surface area contributed by atoms with Gasteiger partial charge in [0.05, 0.1) is 18.1 Å². The predicted octanol–water partition coefficient (Wildman–Crippen LogP) is 1.81. The first-order valence-electron chi connectivity index (χ1n) is 7.00. The van der Waals surface area contributed by atoms with Crippen molar-refractivity contribution in [3.63, 3.8) is 0 Å². The topological polar surface area (TPSA) is 59.5 Å². The highest BCUT2D eigenvalue weighted by Crippen LogP contribution is 2.19. The lowest BCUT2D eigenvalue weighted by Crippen LogP contribution is -2.42. The second-order valence-corrected chi connectivity index (χ2v) is 5.03. The Morgan fingerprint density at radius 2 is 2.25 bits per heavy atom. The molecule has 108 valence electrons. The first-order valence-corrected chi connectivity index (χ1v) is 7.00. The van der Waals surface area contributed by atoms with Crippen LogP contribution in [0.4, 0.5) is 0 Å². The number of amides is 1. The molecule has 1 saturated heterocycles. The second-order valence-electron chi connectivity index (χ2n) is 5.03. The van der Waals surface area contributed by atoms with Crippen molar-refractivity contribution in [2.24, 2.45) is 5.92 Å². The molecule has 1 atom stereocenters. The fraction of sp³-hybridized carbons (Fsp3) is 0.533. The van der Waals surface area contributed by atoms with Crippen molar-refractivity contribution in [1.29, 1.82) is 0 Å². The molecular formula is C15H20N2O3. The number of hydrogen-bond donors (Lipinski definition) is 0.